The van der Waals surface area contributed by atoms with Crippen molar-refractivity contribution in [2.24, 2.45) is 0 Å². The lowest BCUT2D eigenvalue weighted by Gasteiger charge is -2.38. The minimum atomic E-state index is -1.27. The lowest BCUT2D eigenvalue weighted by atomic mass is 10.1. The number of hydrogen-bond acceptors (Lipinski definition) is 6. The van der Waals surface area contributed by atoms with Crippen molar-refractivity contribution in [3.63, 3.8) is 0 Å². The number of hydrogen-bond donors (Lipinski definition) is 4. The fourth-order valence-corrected chi connectivity index (χ4v) is 2.54. The summed E-state index contributed by atoms with van der Waals surface area (Å²) in [6.07, 6.45) is 0. The van der Waals surface area contributed by atoms with Gasteiger partial charge in [-0.3, -0.25) is 9.59 Å². The van der Waals surface area contributed by atoms with Crippen molar-refractivity contribution < 1.29 is 29.4 Å². The van der Waals surface area contributed by atoms with Crippen molar-refractivity contribution in [3.8, 4) is 0 Å². The van der Waals surface area contributed by atoms with Crippen LogP contribution in [0.25, 0.3) is 0 Å². The number of nitrogens with zero attached hydrogens (tertiary/aromatic N) is 2. The van der Waals surface area contributed by atoms with Gasteiger partial charge in [0.25, 0.3) is 0 Å². The minimum absolute atomic E-state index is 0.136. The molecule has 1 aliphatic rings. The summed E-state index contributed by atoms with van der Waals surface area (Å²) in [6.45, 7) is -0.957. The first-order chi connectivity index (χ1) is 9.33. The highest BCUT2D eigenvalue weighted by Gasteiger charge is 2.40. The van der Waals surface area contributed by atoms with Gasteiger partial charge in [-0.05, 0) is 0 Å². The molecule has 0 aromatic carbocycles. The number of carbonyl (C=O) groups is 4. The van der Waals surface area contributed by atoms with E-state index in [-0.39, 0.29) is 11.5 Å². The summed E-state index contributed by atoms with van der Waals surface area (Å²) in [4.78, 5) is 47.6. The van der Waals surface area contributed by atoms with Crippen LogP contribution < -0.4 is 0 Å². The summed E-state index contributed by atoms with van der Waals surface area (Å²) in [7, 11) is 0. The Morgan fingerprint density at radius 1 is 0.950 bits per heavy atom. The monoisotopic (exact) mass is 322 g/mol. The van der Waals surface area contributed by atoms with Gasteiger partial charge in [0.1, 0.15) is 25.2 Å². The number of amides is 2. The van der Waals surface area contributed by atoms with Crippen LogP contribution in [0, 0.1) is 0 Å². The molecule has 1 saturated heterocycles. The Hall–Kier alpha value is -1.42. The maximum atomic E-state index is 11.9. The summed E-state index contributed by atoms with van der Waals surface area (Å²) in [5.74, 6) is -4.05. The maximum Gasteiger partial charge on any atom is 0.327 e. The van der Waals surface area contributed by atoms with E-state index in [9.17, 15) is 19.2 Å². The molecule has 1 aliphatic heterocycles. The Balaban J connectivity index is 2.91. The second-order valence-corrected chi connectivity index (χ2v) is 4.85. The molecular weight excluding hydrogens is 308 g/mol. The zero-order valence-electron chi connectivity index (χ0n) is 10.3. The van der Waals surface area contributed by atoms with Crippen LogP contribution in [0.2, 0.25) is 0 Å². The first kappa shape index (κ1) is 16.6. The Bertz CT molecular complexity index is 403. The molecule has 10 heteroatoms. The van der Waals surface area contributed by atoms with Crippen LogP contribution in [0.15, 0.2) is 0 Å². The van der Waals surface area contributed by atoms with Crippen molar-refractivity contribution in [2.45, 2.75) is 12.1 Å². The largest absolute Gasteiger partial charge is 0.480 e. The van der Waals surface area contributed by atoms with Gasteiger partial charge in [0.15, 0.2) is 0 Å². The van der Waals surface area contributed by atoms with Crippen LogP contribution in [0.4, 0.5) is 0 Å². The van der Waals surface area contributed by atoms with Gasteiger partial charge in [-0.15, -0.1) is 0 Å². The Labute approximate surface area is 125 Å². The summed E-state index contributed by atoms with van der Waals surface area (Å²) >= 11 is 7.69. The van der Waals surface area contributed by atoms with Crippen molar-refractivity contribution in [2.75, 3.05) is 24.6 Å². The van der Waals surface area contributed by atoms with Crippen LogP contribution in [-0.4, -0.2) is 80.4 Å². The normalized spacial score (nSPS) is 18.9. The molecule has 0 saturated carbocycles. The predicted molar refractivity (Wildman–Crippen MR) is 74.0 cm³/mol. The Morgan fingerprint density at radius 3 is 1.45 bits per heavy atom. The Kier molecular flexibility index (Phi) is 5.69. The zero-order valence-corrected chi connectivity index (χ0v) is 12.1. The quantitative estimate of drug-likeness (QED) is 0.439. The number of thiol groups is 2. The molecule has 0 spiro atoms. The van der Waals surface area contributed by atoms with E-state index in [1.165, 1.54) is 0 Å². The number of carbonyl (C=O) groups excluding carboxylic acids is 2. The minimum Gasteiger partial charge on any atom is -0.480 e. The van der Waals surface area contributed by atoms with Crippen LogP contribution in [-0.2, 0) is 19.2 Å². The molecule has 112 valence electrons. The molecule has 1 fully saturated rings. The molecule has 1 heterocycles. The average Bonchev–Trinajstić information content (AvgIpc) is 2.35. The van der Waals surface area contributed by atoms with Crippen molar-refractivity contribution in [3.05, 3.63) is 0 Å². The highest BCUT2D eigenvalue weighted by Crippen LogP contribution is 2.14. The van der Waals surface area contributed by atoms with Crippen molar-refractivity contribution in [1.82, 2.24) is 9.80 Å². The maximum absolute atomic E-state index is 11.9. The number of carboxylic acids is 2. The van der Waals surface area contributed by atoms with E-state index < -0.39 is 48.9 Å². The summed E-state index contributed by atoms with van der Waals surface area (Å²) in [5.41, 5.74) is 0. The summed E-state index contributed by atoms with van der Waals surface area (Å²) in [5, 5.41) is 17.9. The summed E-state index contributed by atoms with van der Waals surface area (Å²) in [6, 6.07) is -2.42. The van der Waals surface area contributed by atoms with E-state index in [1.54, 1.807) is 0 Å². The topological polar surface area (TPSA) is 115 Å². The number of piperazine rings is 1. The molecule has 0 radical (unpaired) electrons. The fraction of sp³-hybridized carbons (Fsp3) is 0.600. The molecule has 1 rings (SSSR count). The third kappa shape index (κ3) is 3.37. The molecule has 0 aliphatic carbocycles. The van der Waals surface area contributed by atoms with Gasteiger partial charge in [0.05, 0.1) is 0 Å². The summed E-state index contributed by atoms with van der Waals surface area (Å²) < 4.78 is 0. The number of carboxylic acid groups (broad SMARTS) is 2. The molecule has 2 N–H and O–H groups in total. The van der Waals surface area contributed by atoms with E-state index in [0.29, 0.717) is 0 Å². The molecule has 20 heavy (non-hydrogen) atoms. The first-order valence-electron chi connectivity index (χ1n) is 5.59. The average molecular weight is 322 g/mol. The van der Waals surface area contributed by atoms with Gasteiger partial charge in [0, 0.05) is 11.5 Å². The fourth-order valence-electron chi connectivity index (χ4n) is 1.84. The van der Waals surface area contributed by atoms with E-state index in [2.05, 4.69) is 25.3 Å². The number of aliphatic carboxylic acids is 2. The molecule has 0 aromatic rings. The lowest BCUT2D eigenvalue weighted by molar-refractivity contribution is -0.163. The third-order valence-electron chi connectivity index (χ3n) is 2.92. The molecule has 0 bridgehead atoms. The van der Waals surface area contributed by atoms with Gasteiger partial charge in [0.2, 0.25) is 11.8 Å². The molecule has 8 nitrogen and oxygen atoms in total. The van der Waals surface area contributed by atoms with Gasteiger partial charge in [-0.25, -0.2) is 9.59 Å². The highest BCUT2D eigenvalue weighted by atomic mass is 32.1. The standard InChI is InChI=1S/C10H14N2O6S2/c13-7-1-11(5(3-19)9(15)16)8(14)2-12(7)6(4-20)10(17)18/h5-6,19-20H,1-4H2,(H,15,16)(H,17,18). The smallest absolute Gasteiger partial charge is 0.327 e. The zero-order chi connectivity index (χ0) is 15.4. The SMILES string of the molecule is O=C(O)C(CS)N1CC(=O)N(C(CS)C(=O)O)CC1=O. The van der Waals surface area contributed by atoms with E-state index in [1.807, 2.05) is 0 Å². The third-order valence-corrected chi connectivity index (χ3v) is 3.61. The molecule has 2 unspecified atom stereocenters. The van der Waals surface area contributed by atoms with Crippen LogP contribution in [0.3, 0.4) is 0 Å². The Morgan fingerprint density at radius 2 is 1.25 bits per heavy atom. The molecule has 2 atom stereocenters. The van der Waals surface area contributed by atoms with Gasteiger partial charge in [-0.1, -0.05) is 0 Å². The van der Waals surface area contributed by atoms with Crippen LogP contribution in [0.1, 0.15) is 0 Å². The van der Waals surface area contributed by atoms with Crippen molar-refractivity contribution >= 4 is 49.0 Å². The van der Waals surface area contributed by atoms with Gasteiger partial charge < -0.3 is 20.0 Å². The molecule has 2 amide bonds. The van der Waals surface area contributed by atoms with Crippen LogP contribution >= 0.6 is 25.3 Å². The van der Waals surface area contributed by atoms with E-state index in [4.69, 9.17) is 10.2 Å². The van der Waals surface area contributed by atoms with Crippen LogP contribution in [0.5, 0.6) is 0 Å². The molecular formula is C10H14N2O6S2. The van der Waals surface area contributed by atoms with E-state index in [0.717, 1.165) is 9.80 Å². The van der Waals surface area contributed by atoms with Gasteiger partial charge in [-0.2, -0.15) is 25.3 Å². The highest BCUT2D eigenvalue weighted by molar-refractivity contribution is 7.80. The second-order valence-electron chi connectivity index (χ2n) is 4.12. The van der Waals surface area contributed by atoms with Gasteiger partial charge >= 0.3 is 11.9 Å². The lowest BCUT2D eigenvalue weighted by Crippen LogP contribution is -2.62. The number of rotatable bonds is 6. The second kappa shape index (κ2) is 6.84. The predicted octanol–water partition coefficient (Wildman–Crippen LogP) is -1.58. The van der Waals surface area contributed by atoms with Crippen molar-refractivity contribution in [1.29, 1.82) is 0 Å². The molecule has 0 aromatic heterocycles. The van der Waals surface area contributed by atoms with E-state index >= 15 is 0 Å². The first-order valence-corrected chi connectivity index (χ1v) is 6.86.